The molecule has 0 atom stereocenters. The summed E-state index contributed by atoms with van der Waals surface area (Å²) in [6.45, 7) is 7.27. The number of hydrogen-bond acceptors (Lipinski definition) is 6. The van der Waals surface area contributed by atoms with Gasteiger partial charge in [0.1, 0.15) is 18.2 Å². The molecule has 1 saturated heterocycles. The van der Waals surface area contributed by atoms with Crippen molar-refractivity contribution in [3.8, 4) is 5.69 Å². The van der Waals surface area contributed by atoms with Crippen LogP contribution in [-0.2, 0) is 27.4 Å². The maximum atomic E-state index is 14.2. The number of benzene rings is 2. The van der Waals surface area contributed by atoms with Crippen molar-refractivity contribution < 1.29 is 18.7 Å². The van der Waals surface area contributed by atoms with E-state index in [0.717, 1.165) is 48.8 Å². The molecule has 0 N–H and O–H groups in total. The van der Waals surface area contributed by atoms with Crippen molar-refractivity contribution in [1.82, 2.24) is 19.6 Å². The lowest BCUT2D eigenvalue weighted by Crippen LogP contribution is -2.45. The number of amides is 1. The van der Waals surface area contributed by atoms with Crippen LogP contribution < -0.4 is 4.90 Å². The third-order valence-electron chi connectivity index (χ3n) is 6.83. The van der Waals surface area contributed by atoms with E-state index in [1.54, 1.807) is 13.2 Å². The fourth-order valence-corrected chi connectivity index (χ4v) is 4.67. The molecule has 1 aromatic heterocycles. The molecule has 2 heterocycles. The van der Waals surface area contributed by atoms with E-state index < -0.39 is 0 Å². The van der Waals surface area contributed by atoms with Gasteiger partial charge in [0, 0.05) is 52.0 Å². The highest BCUT2D eigenvalue weighted by molar-refractivity contribution is 5.77. The van der Waals surface area contributed by atoms with Crippen LogP contribution in [0.25, 0.3) is 5.69 Å². The van der Waals surface area contributed by atoms with Crippen LogP contribution in [0.1, 0.15) is 23.2 Å². The van der Waals surface area contributed by atoms with Crippen LogP contribution in [0.5, 0.6) is 0 Å². The number of anilines is 1. The molecule has 9 heteroatoms. The second kappa shape index (κ2) is 13.5. The molecule has 0 bridgehead atoms. The van der Waals surface area contributed by atoms with Gasteiger partial charge in [-0.1, -0.05) is 36.4 Å². The van der Waals surface area contributed by atoms with Crippen LogP contribution in [0.15, 0.2) is 54.6 Å². The highest BCUT2D eigenvalue weighted by Gasteiger charge is 2.27. The van der Waals surface area contributed by atoms with Crippen LogP contribution in [0.4, 0.5) is 10.2 Å². The topological polar surface area (TPSA) is 63.1 Å². The molecular formula is C29H38FN5O3. The SMILES string of the molecule is COCCCN(Cc1c(C)nn(-c2cccc(F)c2)c1N1CCN(C)CC1)C(=O)COCc1ccccc1. The molecule has 1 aliphatic rings. The minimum absolute atomic E-state index is 0.0111. The lowest BCUT2D eigenvalue weighted by molar-refractivity contribution is -0.137. The summed E-state index contributed by atoms with van der Waals surface area (Å²) in [5.41, 5.74) is 3.47. The Hall–Kier alpha value is -3.27. The predicted molar refractivity (Wildman–Crippen MR) is 146 cm³/mol. The van der Waals surface area contributed by atoms with E-state index in [4.69, 9.17) is 14.6 Å². The van der Waals surface area contributed by atoms with Crippen LogP contribution in [0, 0.1) is 12.7 Å². The molecule has 0 saturated carbocycles. The summed E-state index contributed by atoms with van der Waals surface area (Å²) in [7, 11) is 3.77. The summed E-state index contributed by atoms with van der Waals surface area (Å²) in [6.07, 6.45) is 0.710. The van der Waals surface area contributed by atoms with E-state index in [1.807, 2.05) is 52.9 Å². The molecule has 38 heavy (non-hydrogen) atoms. The van der Waals surface area contributed by atoms with E-state index in [9.17, 15) is 9.18 Å². The number of nitrogens with zero attached hydrogens (tertiary/aromatic N) is 5. The Labute approximate surface area is 224 Å². The number of ether oxygens (including phenoxy) is 2. The third-order valence-corrected chi connectivity index (χ3v) is 6.83. The summed E-state index contributed by atoms with van der Waals surface area (Å²) in [5, 5.41) is 4.83. The van der Waals surface area contributed by atoms with Gasteiger partial charge in [0.25, 0.3) is 0 Å². The van der Waals surface area contributed by atoms with Crippen molar-refractivity contribution >= 4 is 11.7 Å². The number of methoxy groups -OCH3 is 1. The fourth-order valence-electron chi connectivity index (χ4n) is 4.67. The van der Waals surface area contributed by atoms with Crippen molar-refractivity contribution in [1.29, 1.82) is 0 Å². The molecule has 1 fully saturated rings. The highest BCUT2D eigenvalue weighted by Crippen LogP contribution is 2.30. The Kier molecular flexibility index (Phi) is 9.86. The van der Waals surface area contributed by atoms with Crippen molar-refractivity contribution in [3.05, 3.63) is 77.2 Å². The Morgan fingerprint density at radius 3 is 2.55 bits per heavy atom. The van der Waals surface area contributed by atoms with Gasteiger partial charge in [-0.05, 0) is 44.2 Å². The number of likely N-dealkylation sites (N-methyl/N-ethyl adjacent to an activating group) is 1. The first-order chi connectivity index (χ1) is 18.5. The van der Waals surface area contributed by atoms with Gasteiger partial charge >= 0.3 is 0 Å². The van der Waals surface area contributed by atoms with Crippen LogP contribution >= 0.6 is 0 Å². The quantitative estimate of drug-likeness (QED) is 0.338. The minimum atomic E-state index is -0.312. The van der Waals surface area contributed by atoms with Crippen molar-refractivity contribution in [2.24, 2.45) is 0 Å². The molecule has 2 aromatic carbocycles. The van der Waals surface area contributed by atoms with Crippen molar-refractivity contribution in [3.63, 3.8) is 0 Å². The number of aromatic nitrogens is 2. The van der Waals surface area contributed by atoms with Crippen LogP contribution in [0.2, 0.25) is 0 Å². The van der Waals surface area contributed by atoms with Gasteiger partial charge in [-0.25, -0.2) is 9.07 Å². The number of carbonyl (C=O) groups is 1. The minimum Gasteiger partial charge on any atom is -0.385 e. The monoisotopic (exact) mass is 523 g/mol. The zero-order valence-corrected chi connectivity index (χ0v) is 22.6. The molecule has 4 rings (SSSR count). The normalized spacial score (nSPS) is 14.2. The van der Waals surface area contributed by atoms with E-state index in [2.05, 4.69) is 16.8 Å². The first kappa shape index (κ1) is 27.8. The maximum Gasteiger partial charge on any atom is 0.248 e. The molecule has 8 nitrogen and oxygen atoms in total. The average Bonchev–Trinajstić information content (AvgIpc) is 3.25. The van der Waals surface area contributed by atoms with Gasteiger partial charge in [0.05, 0.1) is 24.5 Å². The molecule has 1 amide bonds. The number of piperazine rings is 1. The van der Waals surface area contributed by atoms with E-state index >= 15 is 0 Å². The second-order valence-corrected chi connectivity index (χ2v) is 9.71. The Morgan fingerprint density at radius 2 is 1.84 bits per heavy atom. The lowest BCUT2D eigenvalue weighted by atomic mass is 10.1. The summed E-state index contributed by atoms with van der Waals surface area (Å²) in [5.74, 6) is 0.517. The van der Waals surface area contributed by atoms with Crippen molar-refractivity contribution in [2.75, 3.05) is 65.0 Å². The van der Waals surface area contributed by atoms with Gasteiger partial charge in [0.15, 0.2) is 0 Å². The van der Waals surface area contributed by atoms with Gasteiger partial charge in [0.2, 0.25) is 5.91 Å². The number of carbonyl (C=O) groups excluding carboxylic acids is 1. The highest BCUT2D eigenvalue weighted by atomic mass is 19.1. The average molecular weight is 524 g/mol. The van der Waals surface area contributed by atoms with Gasteiger partial charge in [-0.2, -0.15) is 5.10 Å². The summed E-state index contributed by atoms with van der Waals surface area (Å²) in [4.78, 5) is 19.8. The molecule has 1 aliphatic heterocycles. The van der Waals surface area contributed by atoms with E-state index in [-0.39, 0.29) is 18.3 Å². The number of hydrogen-bond donors (Lipinski definition) is 0. The molecule has 3 aromatic rings. The third kappa shape index (κ3) is 7.18. The standard InChI is InChI=1S/C29H38FN5O3/c1-23-27(20-34(13-8-18-37-3)28(36)22-38-21-24-9-5-4-6-10-24)29(33-16-14-32(2)15-17-33)35(31-23)26-12-7-11-25(30)19-26/h4-7,9-12,19H,8,13-18,20-22H2,1-3H3. The molecule has 0 spiro atoms. The van der Waals surface area contributed by atoms with E-state index in [0.29, 0.717) is 38.4 Å². The first-order valence-electron chi connectivity index (χ1n) is 13.1. The Bertz CT molecular complexity index is 1180. The smallest absolute Gasteiger partial charge is 0.248 e. The lowest BCUT2D eigenvalue weighted by Gasteiger charge is -2.35. The van der Waals surface area contributed by atoms with Gasteiger partial charge in [-0.15, -0.1) is 0 Å². The van der Waals surface area contributed by atoms with E-state index in [1.165, 1.54) is 12.1 Å². The molecule has 0 aliphatic carbocycles. The van der Waals surface area contributed by atoms with Crippen molar-refractivity contribution in [2.45, 2.75) is 26.5 Å². The molecule has 0 unspecified atom stereocenters. The largest absolute Gasteiger partial charge is 0.385 e. The van der Waals surface area contributed by atoms with Crippen LogP contribution in [0.3, 0.4) is 0 Å². The number of aryl methyl sites for hydroxylation is 1. The molecule has 0 radical (unpaired) electrons. The zero-order chi connectivity index (χ0) is 26.9. The molecule has 204 valence electrons. The van der Waals surface area contributed by atoms with Gasteiger partial charge in [-0.3, -0.25) is 4.79 Å². The molecular weight excluding hydrogens is 485 g/mol. The predicted octanol–water partition coefficient (Wildman–Crippen LogP) is 3.65. The maximum absolute atomic E-state index is 14.2. The fraction of sp³-hybridized carbons (Fsp3) is 0.448. The van der Waals surface area contributed by atoms with Gasteiger partial charge < -0.3 is 24.2 Å². The van der Waals surface area contributed by atoms with Crippen LogP contribution in [-0.4, -0.2) is 85.6 Å². The summed E-state index contributed by atoms with van der Waals surface area (Å²) in [6, 6.07) is 16.3. The Morgan fingerprint density at radius 1 is 1.08 bits per heavy atom. The summed E-state index contributed by atoms with van der Waals surface area (Å²) < 4.78 is 27.0. The zero-order valence-electron chi connectivity index (χ0n) is 22.6. The number of halogens is 1. The first-order valence-corrected chi connectivity index (χ1v) is 13.1. The Balaban J connectivity index is 1.60. The summed E-state index contributed by atoms with van der Waals surface area (Å²) >= 11 is 0. The second-order valence-electron chi connectivity index (χ2n) is 9.71. The number of rotatable bonds is 12.